The van der Waals surface area contributed by atoms with Crippen molar-refractivity contribution in [2.75, 3.05) is 5.73 Å². The standard InChI is InChI=1S/C11H10N3P/c12-5-7-2-1-3-9-10(13)4-8(6-15)14-11(7)9/h1-4H,6,15H2,(H2,13,14). The van der Waals surface area contributed by atoms with Crippen molar-refractivity contribution < 1.29 is 0 Å². The molecule has 74 valence electrons. The largest absolute Gasteiger partial charge is 0.398 e. The molecular formula is C11H10N3P. The Hall–Kier alpha value is -1.65. The highest BCUT2D eigenvalue weighted by Crippen LogP contribution is 2.23. The third-order valence-corrected chi connectivity index (χ3v) is 2.67. The van der Waals surface area contributed by atoms with Crippen LogP contribution in [0.4, 0.5) is 5.69 Å². The van der Waals surface area contributed by atoms with Crippen LogP contribution in [0.2, 0.25) is 0 Å². The molecule has 0 aliphatic heterocycles. The van der Waals surface area contributed by atoms with Gasteiger partial charge in [-0.1, -0.05) is 12.1 Å². The number of fused-ring (bicyclic) bond motifs is 1. The van der Waals surface area contributed by atoms with Crippen LogP contribution in [-0.4, -0.2) is 4.98 Å². The topological polar surface area (TPSA) is 62.7 Å². The maximum atomic E-state index is 8.95. The second-order valence-corrected chi connectivity index (χ2v) is 3.63. The normalized spacial score (nSPS) is 10.1. The number of rotatable bonds is 1. The molecule has 4 heteroatoms. The molecule has 0 amide bonds. The Bertz CT molecular complexity index is 557. The van der Waals surface area contributed by atoms with Gasteiger partial charge in [0.1, 0.15) is 6.07 Å². The van der Waals surface area contributed by atoms with Gasteiger partial charge < -0.3 is 5.73 Å². The molecule has 0 fully saturated rings. The van der Waals surface area contributed by atoms with Crippen LogP contribution in [0.5, 0.6) is 0 Å². The maximum absolute atomic E-state index is 8.95. The highest BCUT2D eigenvalue weighted by atomic mass is 31.0. The van der Waals surface area contributed by atoms with E-state index in [0.29, 0.717) is 16.8 Å². The van der Waals surface area contributed by atoms with Gasteiger partial charge >= 0.3 is 0 Å². The molecule has 2 rings (SSSR count). The van der Waals surface area contributed by atoms with Crippen LogP contribution in [0.15, 0.2) is 24.3 Å². The van der Waals surface area contributed by atoms with E-state index in [4.69, 9.17) is 11.0 Å². The molecular weight excluding hydrogens is 205 g/mol. The monoisotopic (exact) mass is 215 g/mol. The number of nitrogens with zero attached hydrogens (tertiary/aromatic N) is 2. The highest BCUT2D eigenvalue weighted by Gasteiger charge is 2.06. The van der Waals surface area contributed by atoms with E-state index in [-0.39, 0.29) is 0 Å². The molecule has 2 aromatic rings. The fraction of sp³-hybridized carbons (Fsp3) is 0.0909. The molecule has 1 heterocycles. The van der Waals surface area contributed by atoms with Gasteiger partial charge in [-0.2, -0.15) is 5.26 Å². The molecule has 3 nitrogen and oxygen atoms in total. The summed E-state index contributed by atoms with van der Waals surface area (Å²) in [6, 6.07) is 9.42. The first-order chi connectivity index (χ1) is 7.26. The van der Waals surface area contributed by atoms with Gasteiger partial charge in [-0.3, -0.25) is 4.98 Å². The van der Waals surface area contributed by atoms with Crippen LogP contribution in [-0.2, 0) is 6.16 Å². The van der Waals surface area contributed by atoms with Crippen LogP contribution in [0.25, 0.3) is 10.9 Å². The summed E-state index contributed by atoms with van der Waals surface area (Å²) in [5.74, 6) is 0. The number of aromatic nitrogens is 1. The Morgan fingerprint density at radius 1 is 1.47 bits per heavy atom. The fourth-order valence-corrected chi connectivity index (χ4v) is 1.73. The fourth-order valence-electron chi connectivity index (χ4n) is 1.52. The zero-order valence-electron chi connectivity index (χ0n) is 8.07. The molecule has 0 bridgehead atoms. The van der Waals surface area contributed by atoms with Gasteiger partial charge in [0, 0.05) is 22.9 Å². The third-order valence-electron chi connectivity index (χ3n) is 2.25. The predicted octanol–water partition coefficient (Wildman–Crippen LogP) is 2.06. The van der Waals surface area contributed by atoms with Crippen LogP contribution >= 0.6 is 9.24 Å². The second-order valence-electron chi connectivity index (χ2n) is 3.22. The summed E-state index contributed by atoms with van der Waals surface area (Å²) in [5, 5.41) is 9.80. The van der Waals surface area contributed by atoms with Crippen molar-refractivity contribution in [3.8, 4) is 6.07 Å². The summed E-state index contributed by atoms with van der Waals surface area (Å²) >= 11 is 0. The molecule has 0 saturated carbocycles. The molecule has 1 aromatic heterocycles. The van der Waals surface area contributed by atoms with Crippen molar-refractivity contribution >= 4 is 25.8 Å². The van der Waals surface area contributed by atoms with Gasteiger partial charge in [0.15, 0.2) is 0 Å². The van der Waals surface area contributed by atoms with Gasteiger partial charge in [0.2, 0.25) is 0 Å². The van der Waals surface area contributed by atoms with E-state index in [0.717, 1.165) is 17.2 Å². The number of benzene rings is 1. The first-order valence-corrected chi connectivity index (χ1v) is 5.36. The van der Waals surface area contributed by atoms with Crippen LogP contribution < -0.4 is 5.73 Å². The van der Waals surface area contributed by atoms with Crippen molar-refractivity contribution in [1.82, 2.24) is 4.98 Å². The number of nitriles is 1. The number of nitrogen functional groups attached to an aromatic ring is 1. The Morgan fingerprint density at radius 3 is 2.93 bits per heavy atom. The minimum absolute atomic E-state index is 0.569. The Morgan fingerprint density at radius 2 is 2.27 bits per heavy atom. The summed E-state index contributed by atoms with van der Waals surface area (Å²) in [6.45, 7) is 0. The Labute approximate surface area is 90.1 Å². The lowest BCUT2D eigenvalue weighted by molar-refractivity contribution is 1.22. The van der Waals surface area contributed by atoms with Crippen molar-refractivity contribution in [1.29, 1.82) is 5.26 Å². The zero-order valence-corrected chi connectivity index (χ0v) is 9.22. The van der Waals surface area contributed by atoms with E-state index in [1.807, 2.05) is 18.2 Å². The van der Waals surface area contributed by atoms with Crippen molar-refractivity contribution in [3.05, 3.63) is 35.5 Å². The van der Waals surface area contributed by atoms with E-state index < -0.39 is 0 Å². The van der Waals surface area contributed by atoms with E-state index in [1.165, 1.54) is 0 Å². The van der Waals surface area contributed by atoms with Crippen LogP contribution in [0, 0.1) is 11.3 Å². The molecule has 0 aliphatic carbocycles. The predicted molar refractivity (Wildman–Crippen MR) is 64.3 cm³/mol. The molecule has 0 aliphatic rings. The van der Waals surface area contributed by atoms with Crippen LogP contribution in [0.3, 0.4) is 0 Å². The molecule has 1 aromatic carbocycles. The van der Waals surface area contributed by atoms with Gasteiger partial charge in [-0.15, -0.1) is 9.24 Å². The third kappa shape index (κ3) is 1.65. The molecule has 1 atom stereocenters. The zero-order chi connectivity index (χ0) is 10.8. The molecule has 0 saturated heterocycles. The lowest BCUT2D eigenvalue weighted by atomic mass is 10.1. The minimum Gasteiger partial charge on any atom is -0.398 e. The maximum Gasteiger partial charge on any atom is 0.101 e. The summed E-state index contributed by atoms with van der Waals surface area (Å²) in [7, 11) is 2.60. The van der Waals surface area contributed by atoms with Gasteiger partial charge in [0.05, 0.1) is 11.1 Å². The average molecular weight is 215 g/mol. The van der Waals surface area contributed by atoms with Gasteiger partial charge in [0.25, 0.3) is 0 Å². The summed E-state index contributed by atoms with van der Waals surface area (Å²) in [6.07, 6.45) is 0.736. The van der Waals surface area contributed by atoms with Gasteiger partial charge in [-0.05, 0) is 12.1 Å². The van der Waals surface area contributed by atoms with E-state index in [1.54, 1.807) is 6.07 Å². The van der Waals surface area contributed by atoms with Gasteiger partial charge in [-0.25, -0.2) is 0 Å². The SMILES string of the molecule is N#Cc1cccc2c(N)cc(CP)nc12. The molecule has 15 heavy (non-hydrogen) atoms. The first-order valence-electron chi connectivity index (χ1n) is 4.54. The minimum atomic E-state index is 0.569. The number of pyridine rings is 1. The second kappa shape index (κ2) is 3.84. The number of hydrogen-bond acceptors (Lipinski definition) is 3. The summed E-state index contributed by atoms with van der Waals surface area (Å²) in [5.41, 5.74) is 8.72. The number of nitrogens with two attached hydrogens (primary N) is 1. The summed E-state index contributed by atoms with van der Waals surface area (Å²) < 4.78 is 0. The average Bonchev–Trinajstić information content (AvgIpc) is 2.28. The number of anilines is 1. The van der Waals surface area contributed by atoms with E-state index in [9.17, 15) is 0 Å². The first kappa shape index (κ1) is 9.89. The molecule has 2 N–H and O–H groups in total. The molecule has 1 unspecified atom stereocenters. The smallest absolute Gasteiger partial charge is 0.101 e. The molecule has 0 radical (unpaired) electrons. The van der Waals surface area contributed by atoms with Crippen LogP contribution in [0.1, 0.15) is 11.3 Å². The van der Waals surface area contributed by atoms with Crippen molar-refractivity contribution in [2.45, 2.75) is 6.16 Å². The van der Waals surface area contributed by atoms with Crippen molar-refractivity contribution in [2.24, 2.45) is 0 Å². The molecule has 0 spiro atoms. The Kier molecular flexibility index (Phi) is 2.53. The summed E-state index contributed by atoms with van der Waals surface area (Å²) in [4.78, 5) is 4.40. The highest BCUT2D eigenvalue weighted by molar-refractivity contribution is 7.15. The number of para-hydroxylation sites is 1. The van der Waals surface area contributed by atoms with E-state index in [2.05, 4.69) is 20.3 Å². The lowest BCUT2D eigenvalue weighted by Crippen LogP contribution is -1.95. The van der Waals surface area contributed by atoms with E-state index >= 15 is 0 Å². The number of hydrogen-bond donors (Lipinski definition) is 1. The van der Waals surface area contributed by atoms with Crippen molar-refractivity contribution in [3.63, 3.8) is 0 Å². The quantitative estimate of drug-likeness (QED) is 0.740. The Balaban J connectivity index is 2.87. The lowest BCUT2D eigenvalue weighted by Gasteiger charge is -2.05.